The van der Waals surface area contributed by atoms with E-state index in [-0.39, 0.29) is 5.78 Å². The molecule has 0 unspecified atom stereocenters. The van der Waals surface area contributed by atoms with Gasteiger partial charge in [-0.3, -0.25) is 4.79 Å². The predicted molar refractivity (Wildman–Crippen MR) is 144 cm³/mol. The van der Waals surface area contributed by atoms with Gasteiger partial charge in [0, 0.05) is 5.56 Å². The molecule has 35 heavy (non-hydrogen) atoms. The molecule has 0 atom stereocenters. The predicted octanol–water partition coefficient (Wildman–Crippen LogP) is 8.67. The highest BCUT2D eigenvalue weighted by molar-refractivity contribution is 6.04. The number of benzene rings is 3. The fourth-order valence-electron chi connectivity index (χ4n) is 5.88. The molecular formula is C33H36O2. The summed E-state index contributed by atoms with van der Waals surface area (Å²) in [6.45, 7) is 6.47. The molecule has 0 spiro atoms. The lowest BCUT2D eigenvalue weighted by Gasteiger charge is -2.29. The Morgan fingerprint density at radius 1 is 0.943 bits per heavy atom. The Morgan fingerprint density at radius 3 is 2.37 bits per heavy atom. The van der Waals surface area contributed by atoms with Gasteiger partial charge in [-0.15, -0.1) is 0 Å². The number of allylic oxidation sites excluding steroid dienone is 1. The summed E-state index contributed by atoms with van der Waals surface area (Å²) in [5.41, 5.74) is 8.30. The number of ether oxygens (including phenoxy) is 1. The standard InChI is InChI=1S/C33H36O2/c1-3-5-6-23-7-11-25(12-8-23)26-13-9-24(10-14-26)22-35-30-16-18-32-29(21-30)20-28-19-27(33(34)4-2)15-17-31(28)32/h4,9-10,13-19,21,23,25H,2-3,5-8,11-12,20,22H2,1H3. The van der Waals surface area contributed by atoms with Crippen LogP contribution in [-0.4, -0.2) is 5.78 Å². The molecule has 2 aliphatic rings. The van der Waals surface area contributed by atoms with Crippen LogP contribution < -0.4 is 4.74 Å². The normalized spacial score (nSPS) is 18.5. The van der Waals surface area contributed by atoms with Gasteiger partial charge in [0.1, 0.15) is 12.4 Å². The van der Waals surface area contributed by atoms with Crippen molar-refractivity contribution in [2.75, 3.05) is 0 Å². The Morgan fingerprint density at radius 2 is 1.66 bits per heavy atom. The Balaban J connectivity index is 1.17. The maximum atomic E-state index is 12.0. The number of carbonyl (C=O) groups excluding carboxylic acids is 1. The summed E-state index contributed by atoms with van der Waals surface area (Å²) in [4.78, 5) is 12.0. The van der Waals surface area contributed by atoms with Crippen LogP contribution in [0.15, 0.2) is 73.3 Å². The van der Waals surface area contributed by atoms with Crippen molar-refractivity contribution < 1.29 is 9.53 Å². The van der Waals surface area contributed by atoms with Crippen LogP contribution in [0, 0.1) is 5.92 Å². The van der Waals surface area contributed by atoms with Crippen LogP contribution >= 0.6 is 0 Å². The number of hydrogen-bond acceptors (Lipinski definition) is 2. The summed E-state index contributed by atoms with van der Waals surface area (Å²) in [5, 5.41) is 0. The summed E-state index contributed by atoms with van der Waals surface area (Å²) < 4.78 is 6.17. The van der Waals surface area contributed by atoms with Crippen molar-refractivity contribution in [3.8, 4) is 16.9 Å². The smallest absolute Gasteiger partial charge is 0.185 e. The van der Waals surface area contributed by atoms with Crippen molar-refractivity contribution in [2.45, 2.75) is 70.8 Å². The monoisotopic (exact) mass is 464 g/mol. The fourth-order valence-corrected chi connectivity index (χ4v) is 5.88. The Kier molecular flexibility index (Phi) is 7.18. The number of fused-ring (bicyclic) bond motifs is 3. The zero-order chi connectivity index (χ0) is 24.2. The molecule has 1 fully saturated rings. The van der Waals surface area contributed by atoms with E-state index < -0.39 is 0 Å². The van der Waals surface area contributed by atoms with E-state index in [1.807, 2.05) is 12.1 Å². The van der Waals surface area contributed by atoms with Crippen LogP contribution in [0.2, 0.25) is 0 Å². The van der Waals surface area contributed by atoms with Gasteiger partial charge in [0.05, 0.1) is 0 Å². The molecule has 0 bridgehead atoms. The quantitative estimate of drug-likeness (QED) is 0.183. The average Bonchev–Trinajstić information content (AvgIpc) is 3.28. The van der Waals surface area contributed by atoms with Gasteiger partial charge in [0.2, 0.25) is 0 Å². The first-order valence-electron chi connectivity index (χ1n) is 13.3. The average molecular weight is 465 g/mol. The van der Waals surface area contributed by atoms with Gasteiger partial charge in [0.25, 0.3) is 0 Å². The van der Waals surface area contributed by atoms with E-state index in [9.17, 15) is 4.79 Å². The van der Waals surface area contributed by atoms with E-state index in [1.165, 1.54) is 84.4 Å². The molecule has 180 valence electrons. The van der Waals surface area contributed by atoms with Gasteiger partial charge in [-0.25, -0.2) is 0 Å². The minimum absolute atomic E-state index is 0.0292. The molecule has 0 saturated heterocycles. The van der Waals surface area contributed by atoms with E-state index in [0.29, 0.717) is 12.2 Å². The third-order valence-electron chi connectivity index (χ3n) is 7.99. The highest BCUT2D eigenvalue weighted by atomic mass is 16.5. The van der Waals surface area contributed by atoms with Crippen LogP contribution in [0.4, 0.5) is 0 Å². The van der Waals surface area contributed by atoms with Crippen LogP contribution in [-0.2, 0) is 13.0 Å². The highest BCUT2D eigenvalue weighted by Gasteiger charge is 2.22. The first kappa shape index (κ1) is 23.6. The second-order valence-electron chi connectivity index (χ2n) is 10.3. The van der Waals surface area contributed by atoms with Crippen LogP contribution in [0.1, 0.15) is 90.4 Å². The van der Waals surface area contributed by atoms with Gasteiger partial charge in [-0.1, -0.05) is 75.2 Å². The van der Waals surface area contributed by atoms with Gasteiger partial charge in [-0.2, -0.15) is 0 Å². The number of carbonyl (C=O) groups is 1. The number of hydrogen-bond donors (Lipinski definition) is 0. The first-order valence-corrected chi connectivity index (χ1v) is 13.3. The van der Waals surface area contributed by atoms with E-state index in [1.54, 1.807) is 0 Å². The van der Waals surface area contributed by atoms with Gasteiger partial charge >= 0.3 is 0 Å². The largest absolute Gasteiger partial charge is 0.489 e. The second-order valence-corrected chi connectivity index (χ2v) is 10.3. The summed E-state index contributed by atoms with van der Waals surface area (Å²) >= 11 is 0. The van der Waals surface area contributed by atoms with E-state index in [4.69, 9.17) is 4.74 Å². The highest BCUT2D eigenvalue weighted by Crippen LogP contribution is 2.40. The maximum Gasteiger partial charge on any atom is 0.185 e. The molecular weight excluding hydrogens is 428 g/mol. The van der Waals surface area contributed by atoms with Gasteiger partial charge in [-0.05, 0) is 102 Å². The minimum atomic E-state index is -0.0292. The van der Waals surface area contributed by atoms with E-state index in [2.05, 4.69) is 62.0 Å². The van der Waals surface area contributed by atoms with Crippen molar-refractivity contribution in [2.24, 2.45) is 5.92 Å². The lowest BCUT2D eigenvalue weighted by atomic mass is 9.77. The summed E-state index contributed by atoms with van der Waals surface area (Å²) in [5.74, 6) is 2.55. The van der Waals surface area contributed by atoms with Crippen molar-refractivity contribution >= 4 is 5.78 Å². The third kappa shape index (κ3) is 5.27. The Hall–Kier alpha value is -3.13. The van der Waals surface area contributed by atoms with E-state index in [0.717, 1.165) is 24.0 Å². The molecule has 0 aromatic heterocycles. The van der Waals surface area contributed by atoms with Crippen LogP contribution in [0.5, 0.6) is 5.75 Å². The summed E-state index contributed by atoms with van der Waals surface area (Å²) in [6.07, 6.45) is 11.8. The van der Waals surface area contributed by atoms with Gasteiger partial charge in [0.15, 0.2) is 5.78 Å². The number of rotatable bonds is 9. The van der Waals surface area contributed by atoms with Crippen molar-refractivity contribution in [3.05, 3.63) is 101 Å². The second kappa shape index (κ2) is 10.6. The molecule has 2 aliphatic carbocycles. The fraction of sp³-hybridized carbons (Fsp3) is 0.364. The van der Waals surface area contributed by atoms with Crippen molar-refractivity contribution in [1.29, 1.82) is 0 Å². The summed E-state index contributed by atoms with van der Waals surface area (Å²) in [6, 6.07) is 21.4. The molecule has 3 aromatic rings. The molecule has 2 nitrogen and oxygen atoms in total. The number of ketones is 1. The molecule has 5 rings (SSSR count). The SMILES string of the molecule is C=CC(=O)c1ccc2c(c1)Cc1cc(OCc3ccc(C4CCC(CCCC)CC4)cc3)ccc1-2. The summed E-state index contributed by atoms with van der Waals surface area (Å²) in [7, 11) is 0. The van der Waals surface area contributed by atoms with Crippen molar-refractivity contribution in [1.82, 2.24) is 0 Å². The lowest BCUT2D eigenvalue weighted by Crippen LogP contribution is -2.13. The minimum Gasteiger partial charge on any atom is -0.489 e. The van der Waals surface area contributed by atoms with E-state index >= 15 is 0 Å². The number of unbranched alkanes of at least 4 members (excludes halogenated alkanes) is 1. The van der Waals surface area contributed by atoms with Crippen LogP contribution in [0.3, 0.4) is 0 Å². The molecule has 2 heteroatoms. The molecule has 1 saturated carbocycles. The molecule has 0 aliphatic heterocycles. The first-order chi connectivity index (χ1) is 17.1. The van der Waals surface area contributed by atoms with Crippen LogP contribution in [0.25, 0.3) is 11.1 Å². The molecule has 3 aromatic carbocycles. The Labute approximate surface area is 210 Å². The molecule has 0 amide bonds. The third-order valence-corrected chi connectivity index (χ3v) is 7.99. The zero-order valence-electron chi connectivity index (χ0n) is 20.9. The molecule has 0 N–H and O–H groups in total. The van der Waals surface area contributed by atoms with Gasteiger partial charge < -0.3 is 4.74 Å². The Bertz CT molecular complexity index is 1200. The lowest BCUT2D eigenvalue weighted by molar-refractivity contribution is 0.104. The van der Waals surface area contributed by atoms with Crippen molar-refractivity contribution in [3.63, 3.8) is 0 Å². The molecule has 0 radical (unpaired) electrons. The maximum absolute atomic E-state index is 12.0. The molecule has 0 heterocycles. The topological polar surface area (TPSA) is 26.3 Å². The zero-order valence-corrected chi connectivity index (χ0v) is 20.9.